The van der Waals surface area contributed by atoms with Crippen LogP contribution in [-0.4, -0.2) is 15.9 Å². The zero-order chi connectivity index (χ0) is 13.8. The second kappa shape index (κ2) is 6.32. The number of hydrogen-bond donors (Lipinski definition) is 1. The Labute approximate surface area is 128 Å². The lowest BCUT2D eigenvalue weighted by Gasteiger charge is -2.06. The molecule has 0 aliphatic rings. The molecule has 1 heterocycles. The molecular formula is C12H8BrCl2N3O. The number of halogens is 3. The van der Waals surface area contributed by atoms with E-state index in [9.17, 15) is 4.79 Å². The number of anilines is 1. The smallest absolute Gasteiger partial charge is 0.229 e. The van der Waals surface area contributed by atoms with E-state index in [1.807, 2.05) is 24.3 Å². The molecule has 0 radical (unpaired) electrons. The quantitative estimate of drug-likeness (QED) is 0.848. The van der Waals surface area contributed by atoms with Crippen molar-refractivity contribution in [1.82, 2.24) is 9.97 Å². The summed E-state index contributed by atoms with van der Waals surface area (Å²) in [4.78, 5) is 19.4. The van der Waals surface area contributed by atoms with Gasteiger partial charge in [-0.25, -0.2) is 9.97 Å². The third kappa shape index (κ3) is 3.89. The summed E-state index contributed by atoms with van der Waals surface area (Å²) in [5.41, 5.74) is 0.878. The number of carbonyl (C=O) groups excluding carboxylic acids is 1. The van der Waals surface area contributed by atoms with E-state index in [2.05, 4.69) is 31.2 Å². The molecular weight excluding hydrogens is 353 g/mol. The van der Waals surface area contributed by atoms with E-state index < -0.39 is 0 Å². The van der Waals surface area contributed by atoms with Crippen LogP contribution in [0, 0.1) is 0 Å². The number of hydrogen-bond acceptors (Lipinski definition) is 3. The van der Waals surface area contributed by atoms with Crippen LogP contribution in [0.3, 0.4) is 0 Å². The summed E-state index contributed by atoms with van der Waals surface area (Å²) in [6, 6.07) is 7.48. The second-order valence-corrected chi connectivity index (χ2v) is 5.33. The van der Waals surface area contributed by atoms with Crippen molar-refractivity contribution < 1.29 is 4.79 Å². The predicted octanol–water partition coefficient (Wildman–Crippen LogP) is 3.73. The van der Waals surface area contributed by atoms with Crippen molar-refractivity contribution in [3.05, 3.63) is 50.8 Å². The van der Waals surface area contributed by atoms with Crippen molar-refractivity contribution >= 4 is 50.9 Å². The maximum absolute atomic E-state index is 11.9. The third-order valence-corrected chi connectivity index (χ3v) is 3.49. The lowest BCUT2D eigenvalue weighted by molar-refractivity contribution is -0.115. The summed E-state index contributed by atoms with van der Waals surface area (Å²) in [6.45, 7) is 0. The third-order valence-electron chi connectivity index (χ3n) is 2.26. The fourth-order valence-electron chi connectivity index (χ4n) is 1.44. The SMILES string of the molecule is O=C(Cc1cccc(Br)c1)Nc1ncnc(Cl)c1Cl. The van der Waals surface area contributed by atoms with Crippen molar-refractivity contribution in [2.45, 2.75) is 6.42 Å². The zero-order valence-electron chi connectivity index (χ0n) is 9.53. The Kier molecular flexibility index (Phi) is 4.74. The van der Waals surface area contributed by atoms with Crippen molar-refractivity contribution in [1.29, 1.82) is 0 Å². The van der Waals surface area contributed by atoms with E-state index in [4.69, 9.17) is 23.2 Å². The number of rotatable bonds is 3. The molecule has 0 bridgehead atoms. The topological polar surface area (TPSA) is 54.9 Å². The fourth-order valence-corrected chi connectivity index (χ4v) is 2.17. The highest BCUT2D eigenvalue weighted by Gasteiger charge is 2.11. The minimum atomic E-state index is -0.227. The molecule has 1 N–H and O–H groups in total. The lowest BCUT2D eigenvalue weighted by Crippen LogP contribution is -2.15. The highest BCUT2D eigenvalue weighted by Crippen LogP contribution is 2.25. The Balaban J connectivity index is 2.08. The minimum Gasteiger partial charge on any atom is -0.309 e. The maximum Gasteiger partial charge on any atom is 0.229 e. The first-order valence-corrected chi connectivity index (χ1v) is 6.81. The fraction of sp³-hybridized carbons (Fsp3) is 0.0833. The first kappa shape index (κ1) is 14.2. The largest absolute Gasteiger partial charge is 0.309 e. The molecule has 98 valence electrons. The molecule has 0 fully saturated rings. The molecule has 0 unspecified atom stereocenters. The van der Waals surface area contributed by atoms with Gasteiger partial charge in [0, 0.05) is 4.47 Å². The molecule has 2 rings (SSSR count). The van der Waals surface area contributed by atoms with E-state index >= 15 is 0 Å². The first-order chi connectivity index (χ1) is 9.06. The standard InChI is InChI=1S/C12H8BrCl2N3O/c13-8-3-1-2-7(4-8)5-9(19)18-12-10(14)11(15)16-6-17-12/h1-4,6H,5H2,(H,16,17,18,19). The summed E-state index contributed by atoms with van der Waals surface area (Å²) in [5.74, 6) is -0.0172. The van der Waals surface area contributed by atoms with Crippen molar-refractivity contribution in [3.8, 4) is 0 Å². The summed E-state index contributed by atoms with van der Waals surface area (Å²) >= 11 is 15.0. The van der Waals surface area contributed by atoms with E-state index in [0.717, 1.165) is 10.0 Å². The molecule has 0 atom stereocenters. The number of aromatic nitrogens is 2. The van der Waals surface area contributed by atoms with Crippen LogP contribution >= 0.6 is 39.1 Å². The van der Waals surface area contributed by atoms with Gasteiger partial charge in [-0.2, -0.15) is 0 Å². The van der Waals surface area contributed by atoms with E-state index in [1.165, 1.54) is 6.33 Å². The zero-order valence-corrected chi connectivity index (χ0v) is 12.6. The highest BCUT2D eigenvalue weighted by atomic mass is 79.9. The molecule has 19 heavy (non-hydrogen) atoms. The van der Waals surface area contributed by atoms with Gasteiger partial charge < -0.3 is 5.32 Å². The summed E-state index contributed by atoms with van der Waals surface area (Å²) in [7, 11) is 0. The Morgan fingerprint density at radius 2 is 2.11 bits per heavy atom. The Morgan fingerprint density at radius 1 is 1.32 bits per heavy atom. The van der Waals surface area contributed by atoms with Gasteiger partial charge in [-0.15, -0.1) is 0 Å². The Hall–Kier alpha value is -1.17. The molecule has 4 nitrogen and oxygen atoms in total. The van der Waals surface area contributed by atoms with Crippen LogP contribution < -0.4 is 5.32 Å². The van der Waals surface area contributed by atoms with E-state index in [1.54, 1.807) is 0 Å². The van der Waals surface area contributed by atoms with Crippen LogP contribution in [0.4, 0.5) is 5.82 Å². The molecule has 1 aromatic heterocycles. The number of carbonyl (C=O) groups is 1. The number of benzene rings is 1. The molecule has 0 saturated heterocycles. The molecule has 1 aromatic carbocycles. The first-order valence-electron chi connectivity index (χ1n) is 5.26. The molecule has 7 heteroatoms. The highest BCUT2D eigenvalue weighted by molar-refractivity contribution is 9.10. The van der Waals surface area contributed by atoms with Gasteiger partial charge in [0.1, 0.15) is 11.3 Å². The number of amides is 1. The second-order valence-electron chi connectivity index (χ2n) is 3.68. The van der Waals surface area contributed by atoms with Crippen LogP contribution in [0.2, 0.25) is 10.2 Å². The average Bonchev–Trinajstić information content (AvgIpc) is 2.35. The van der Waals surface area contributed by atoms with Gasteiger partial charge in [0.25, 0.3) is 0 Å². The minimum absolute atomic E-state index is 0.106. The van der Waals surface area contributed by atoms with Gasteiger partial charge in [0.05, 0.1) is 6.42 Å². The predicted molar refractivity (Wildman–Crippen MR) is 78.5 cm³/mol. The van der Waals surface area contributed by atoms with Gasteiger partial charge in [0.15, 0.2) is 11.0 Å². The normalized spacial score (nSPS) is 10.3. The van der Waals surface area contributed by atoms with Gasteiger partial charge >= 0.3 is 0 Å². The number of nitrogens with zero attached hydrogens (tertiary/aromatic N) is 2. The van der Waals surface area contributed by atoms with Crippen LogP contribution in [0.15, 0.2) is 35.1 Å². The Bertz CT molecular complexity index is 622. The summed E-state index contributed by atoms with van der Waals surface area (Å²) in [5, 5.41) is 2.83. The van der Waals surface area contributed by atoms with Crippen LogP contribution in [0.1, 0.15) is 5.56 Å². The lowest BCUT2D eigenvalue weighted by atomic mass is 10.1. The van der Waals surface area contributed by atoms with Crippen molar-refractivity contribution in [3.63, 3.8) is 0 Å². The summed E-state index contributed by atoms with van der Waals surface area (Å²) < 4.78 is 0.918. The monoisotopic (exact) mass is 359 g/mol. The summed E-state index contributed by atoms with van der Waals surface area (Å²) in [6.07, 6.45) is 1.46. The Morgan fingerprint density at radius 3 is 2.84 bits per heavy atom. The van der Waals surface area contributed by atoms with Gasteiger partial charge in [-0.1, -0.05) is 51.3 Å². The molecule has 2 aromatic rings. The molecule has 0 spiro atoms. The van der Waals surface area contributed by atoms with Gasteiger partial charge in [-0.3, -0.25) is 4.79 Å². The van der Waals surface area contributed by atoms with Crippen LogP contribution in [0.5, 0.6) is 0 Å². The van der Waals surface area contributed by atoms with Crippen LogP contribution in [-0.2, 0) is 11.2 Å². The van der Waals surface area contributed by atoms with Crippen molar-refractivity contribution in [2.75, 3.05) is 5.32 Å². The van der Waals surface area contributed by atoms with Crippen molar-refractivity contribution in [2.24, 2.45) is 0 Å². The molecule has 1 amide bonds. The van der Waals surface area contributed by atoms with Crippen LogP contribution in [0.25, 0.3) is 0 Å². The maximum atomic E-state index is 11.9. The molecule has 0 aliphatic heterocycles. The van der Waals surface area contributed by atoms with E-state index in [0.29, 0.717) is 0 Å². The van der Waals surface area contributed by atoms with Gasteiger partial charge in [0.2, 0.25) is 5.91 Å². The van der Waals surface area contributed by atoms with E-state index in [-0.39, 0.29) is 28.3 Å². The molecule has 0 aliphatic carbocycles. The average molecular weight is 361 g/mol. The number of nitrogens with one attached hydrogen (secondary N) is 1. The van der Waals surface area contributed by atoms with Gasteiger partial charge in [-0.05, 0) is 17.7 Å². The molecule has 0 saturated carbocycles.